The van der Waals surface area contributed by atoms with Crippen molar-refractivity contribution in [3.05, 3.63) is 22.4 Å². The van der Waals surface area contributed by atoms with Gasteiger partial charge in [0.25, 0.3) is 0 Å². The zero-order chi connectivity index (χ0) is 18.2. The lowest BCUT2D eigenvalue weighted by atomic mass is 10.2. The van der Waals surface area contributed by atoms with Gasteiger partial charge in [-0.3, -0.25) is 5.32 Å². The Balaban J connectivity index is 3.15. The van der Waals surface area contributed by atoms with Crippen LogP contribution in [0.1, 0.15) is 39.5 Å². The lowest BCUT2D eigenvalue weighted by Crippen LogP contribution is -2.57. The first-order chi connectivity index (χ1) is 11.2. The van der Waals surface area contributed by atoms with E-state index in [1.807, 2.05) is 11.4 Å². The van der Waals surface area contributed by atoms with Crippen LogP contribution in [-0.4, -0.2) is 36.6 Å². The summed E-state index contributed by atoms with van der Waals surface area (Å²) in [5, 5.41) is 4.27. The highest BCUT2D eigenvalue weighted by Gasteiger charge is 2.42. The van der Waals surface area contributed by atoms with Gasteiger partial charge in [-0.25, -0.2) is 9.59 Å². The Bertz CT molecular complexity index is 609. The Hall–Kier alpha value is -2.04. The molecule has 132 valence electrons. The third-order valence-electron chi connectivity index (χ3n) is 2.48. The van der Waals surface area contributed by atoms with Crippen molar-refractivity contribution in [2.75, 3.05) is 13.2 Å². The summed E-state index contributed by atoms with van der Waals surface area (Å²) in [4.78, 5) is 25.3. The summed E-state index contributed by atoms with van der Waals surface area (Å²) in [5.74, 6) is 4.73. The van der Waals surface area contributed by atoms with Crippen LogP contribution in [0.25, 0.3) is 0 Å². The molecule has 1 aromatic rings. The second kappa shape index (κ2) is 8.71. The van der Waals surface area contributed by atoms with E-state index in [9.17, 15) is 9.59 Å². The monoisotopic (exact) mass is 353 g/mol. The molecule has 0 saturated carbocycles. The van der Waals surface area contributed by atoms with Gasteiger partial charge in [0.1, 0.15) is 5.60 Å². The molecular formula is C17H23NO5S. The summed E-state index contributed by atoms with van der Waals surface area (Å²) < 4.78 is 15.7. The fraction of sp³-hybridized carbons (Fsp3) is 0.529. The van der Waals surface area contributed by atoms with Gasteiger partial charge in [0, 0.05) is 6.61 Å². The first-order valence-electron chi connectivity index (χ1n) is 7.61. The number of amides is 1. The van der Waals surface area contributed by atoms with Crippen molar-refractivity contribution in [2.24, 2.45) is 0 Å². The summed E-state index contributed by atoms with van der Waals surface area (Å²) in [5.41, 5.74) is -2.64. The van der Waals surface area contributed by atoms with Crippen molar-refractivity contribution in [2.45, 2.75) is 45.9 Å². The molecule has 1 atom stereocenters. The van der Waals surface area contributed by atoms with Crippen LogP contribution < -0.4 is 5.32 Å². The SMILES string of the molecule is CCOC(=O)C(C#Cc1cccs1)(NC(=O)OC(C)(C)C)OCC. The van der Waals surface area contributed by atoms with E-state index in [2.05, 4.69) is 17.2 Å². The molecule has 24 heavy (non-hydrogen) atoms. The Morgan fingerprint density at radius 2 is 1.96 bits per heavy atom. The molecule has 0 aliphatic rings. The molecule has 0 saturated heterocycles. The second-order valence-corrected chi connectivity index (χ2v) is 6.64. The van der Waals surface area contributed by atoms with Gasteiger partial charge in [-0.1, -0.05) is 12.0 Å². The molecule has 0 bridgehead atoms. The average molecular weight is 353 g/mol. The molecule has 1 heterocycles. The zero-order valence-corrected chi connectivity index (χ0v) is 15.4. The molecule has 1 rings (SSSR count). The molecule has 1 amide bonds. The molecular weight excluding hydrogens is 330 g/mol. The highest BCUT2D eigenvalue weighted by molar-refractivity contribution is 7.10. The number of rotatable bonds is 5. The van der Waals surface area contributed by atoms with Gasteiger partial charge in [0.2, 0.25) is 0 Å². The lowest BCUT2D eigenvalue weighted by molar-refractivity contribution is -0.167. The van der Waals surface area contributed by atoms with E-state index in [0.717, 1.165) is 4.88 Å². The molecule has 1 N–H and O–H groups in total. The summed E-state index contributed by atoms with van der Waals surface area (Å²) >= 11 is 1.41. The van der Waals surface area contributed by atoms with Crippen LogP contribution in [0.4, 0.5) is 4.79 Å². The zero-order valence-electron chi connectivity index (χ0n) is 14.6. The van der Waals surface area contributed by atoms with Crippen LogP contribution in [0.2, 0.25) is 0 Å². The average Bonchev–Trinajstić information content (AvgIpc) is 2.96. The summed E-state index contributed by atoms with van der Waals surface area (Å²) in [6, 6.07) is 3.63. The standard InChI is InChI=1S/C17H23NO5S/c1-6-21-14(19)17(22-7-2,11-10-13-9-8-12-24-13)18-15(20)23-16(3,4)5/h8-9,12H,6-7H2,1-5H3,(H,18,20). The molecule has 0 radical (unpaired) electrons. The third-order valence-corrected chi connectivity index (χ3v) is 3.27. The van der Waals surface area contributed by atoms with E-state index in [1.165, 1.54) is 11.3 Å². The molecule has 0 aliphatic heterocycles. The smallest absolute Gasteiger partial charge is 0.411 e. The summed E-state index contributed by atoms with van der Waals surface area (Å²) in [6.45, 7) is 8.79. The van der Waals surface area contributed by atoms with Crippen molar-refractivity contribution in [1.82, 2.24) is 5.32 Å². The predicted octanol–water partition coefficient (Wildman–Crippen LogP) is 2.92. The van der Waals surface area contributed by atoms with E-state index in [4.69, 9.17) is 14.2 Å². The van der Waals surface area contributed by atoms with E-state index in [-0.39, 0.29) is 13.2 Å². The van der Waals surface area contributed by atoms with Crippen molar-refractivity contribution in [3.8, 4) is 11.8 Å². The van der Waals surface area contributed by atoms with Gasteiger partial charge in [0.05, 0.1) is 11.5 Å². The fourth-order valence-electron chi connectivity index (χ4n) is 1.66. The predicted molar refractivity (Wildman–Crippen MR) is 91.6 cm³/mol. The normalized spacial score (nSPS) is 13.2. The first kappa shape index (κ1) is 20.0. The van der Waals surface area contributed by atoms with Gasteiger partial charge in [0.15, 0.2) is 0 Å². The third kappa shape index (κ3) is 6.22. The number of nitrogens with one attached hydrogen (secondary N) is 1. The van der Waals surface area contributed by atoms with Crippen molar-refractivity contribution in [3.63, 3.8) is 0 Å². The van der Waals surface area contributed by atoms with Crippen LogP contribution in [0.5, 0.6) is 0 Å². The number of hydrogen-bond donors (Lipinski definition) is 1. The lowest BCUT2D eigenvalue weighted by Gasteiger charge is -2.28. The molecule has 0 aliphatic carbocycles. The number of carbonyl (C=O) groups is 2. The molecule has 1 unspecified atom stereocenters. The molecule has 7 heteroatoms. The number of alkyl carbamates (subject to hydrolysis) is 1. The minimum Gasteiger partial charge on any atom is -0.462 e. The molecule has 0 aromatic carbocycles. The highest BCUT2D eigenvalue weighted by Crippen LogP contribution is 2.14. The summed E-state index contributed by atoms with van der Waals surface area (Å²) in [7, 11) is 0. The quantitative estimate of drug-likeness (QED) is 0.500. The number of thiophene rings is 1. The maximum absolute atomic E-state index is 12.4. The first-order valence-corrected chi connectivity index (χ1v) is 8.49. The van der Waals surface area contributed by atoms with E-state index < -0.39 is 23.4 Å². The van der Waals surface area contributed by atoms with E-state index >= 15 is 0 Å². The Labute approximate surface area is 146 Å². The summed E-state index contributed by atoms with van der Waals surface area (Å²) in [6.07, 6.45) is -0.815. The number of hydrogen-bond acceptors (Lipinski definition) is 6. The minimum absolute atomic E-state index is 0.129. The van der Waals surface area contributed by atoms with Gasteiger partial charge in [-0.05, 0) is 52.0 Å². The maximum Gasteiger partial charge on any atom is 0.411 e. The Kier molecular flexibility index (Phi) is 7.26. The van der Waals surface area contributed by atoms with Crippen LogP contribution in [0.3, 0.4) is 0 Å². The van der Waals surface area contributed by atoms with Crippen molar-refractivity contribution < 1.29 is 23.8 Å². The van der Waals surface area contributed by atoms with Crippen LogP contribution >= 0.6 is 11.3 Å². The minimum atomic E-state index is -1.92. The van der Waals surface area contributed by atoms with Gasteiger partial charge in [-0.15, -0.1) is 11.3 Å². The molecule has 0 fully saturated rings. The van der Waals surface area contributed by atoms with Crippen LogP contribution in [0, 0.1) is 11.8 Å². The maximum atomic E-state index is 12.4. The molecule has 6 nitrogen and oxygen atoms in total. The largest absolute Gasteiger partial charge is 0.462 e. The van der Waals surface area contributed by atoms with E-state index in [1.54, 1.807) is 40.7 Å². The Morgan fingerprint density at radius 3 is 2.46 bits per heavy atom. The van der Waals surface area contributed by atoms with Gasteiger partial charge >= 0.3 is 17.8 Å². The van der Waals surface area contributed by atoms with Crippen molar-refractivity contribution >= 4 is 23.4 Å². The topological polar surface area (TPSA) is 73.9 Å². The number of ether oxygens (including phenoxy) is 3. The molecule has 1 aromatic heterocycles. The fourth-order valence-corrected chi connectivity index (χ4v) is 2.23. The van der Waals surface area contributed by atoms with Crippen LogP contribution in [0.15, 0.2) is 17.5 Å². The van der Waals surface area contributed by atoms with Gasteiger partial charge < -0.3 is 14.2 Å². The molecule has 0 spiro atoms. The van der Waals surface area contributed by atoms with E-state index in [0.29, 0.717) is 0 Å². The number of carbonyl (C=O) groups excluding carboxylic acids is 2. The van der Waals surface area contributed by atoms with Crippen LogP contribution in [-0.2, 0) is 19.0 Å². The second-order valence-electron chi connectivity index (χ2n) is 5.69. The Morgan fingerprint density at radius 1 is 1.25 bits per heavy atom. The van der Waals surface area contributed by atoms with Crippen molar-refractivity contribution in [1.29, 1.82) is 0 Å². The number of esters is 1. The highest BCUT2D eigenvalue weighted by atomic mass is 32.1. The van der Waals surface area contributed by atoms with Gasteiger partial charge in [-0.2, -0.15) is 0 Å².